The van der Waals surface area contributed by atoms with Crippen molar-refractivity contribution in [2.45, 2.75) is 58.9 Å². The minimum Gasteiger partial charge on any atom is -0.317 e. The average Bonchev–Trinajstić information content (AvgIpc) is 2.29. The molecular weight excluding hydrogens is 196 g/mol. The monoisotopic (exact) mass is 226 g/mol. The third kappa shape index (κ3) is 5.31. The molecule has 0 unspecified atom stereocenters. The maximum atomic E-state index is 3.44. The fraction of sp³-hybridized carbons (Fsp3) is 1.00. The molecular formula is C14H30N2. The predicted molar refractivity (Wildman–Crippen MR) is 71.8 cm³/mol. The molecule has 1 rings (SSSR count). The number of nitrogens with zero attached hydrogens (tertiary/aromatic N) is 1. The van der Waals surface area contributed by atoms with Gasteiger partial charge in [-0.3, -0.25) is 0 Å². The molecule has 2 heteroatoms. The molecule has 1 heterocycles. The van der Waals surface area contributed by atoms with Gasteiger partial charge in [-0.1, -0.05) is 6.92 Å². The molecule has 1 saturated heterocycles. The van der Waals surface area contributed by atoms with E-state index in [4.69, 9.17) is 0 Å². The van der Waals surface area contributed by atoms with Gasteiger partial charge in [-0.25, -0.2) is 0 Å². The van der Waals surface area contributed by atoms with Gasteiger partial charge < -0.3 is 10.2 Å². The van der Waals surface area contributed by atoms with Crippen molar-refractivity contribution in [2.24, 2.45) is 5.92 Å². The van der Waals surface area contributed by atoms with Crippen LogP contribution in [0.25, 0.3) is 0 Å². The van der Waals surface area contributed by atoms with Gasteiger partial charge in [0.1, 0.15) is 0 Å². The van der Waals surface area contributed by atoms with Crippen molar-refractivity contribution in [1.29, 1.82) is 0 Å². The Balaban J connectivity index is 2.11. The number of piperidine rings is 1. The second kappa shape index (κ2) is 8.08. The molecule has 1 fully saturated rings. The first-order valence-electron chi connectivity index (χ1n) is 7.18. The Kier molecular flexibility index (Phi) is 7.06. The Bertz CT molecular complexity index is 162. The van der Waals surface area contributed by atoms with Gasteiger partial charge in [0.25, 0.3) is 0 Å². The Morgan fingerprint density at radius 1 is 1.19 bits per heavy atom. The van der Waals surface area contributed by atoms with Gasteiger partial charge in [0.15, 0.2) is 0 Å². The summed E-state index contributed by atoms with van der Waals surface area (Å²) in [6, 6.07) is 0.716. The topological polar surface area (TPSA) is 15.3 Å². The van der Waals surface area contributed by atoms with E-state index in [1.807, 2.05) is 0 Å². The lowest BCUT2D eigenvalue weighted by Crippen LogP contribution is -2.33. The van der Waals surface area contributed by atoms with E-state index in [9.17, 15) is 0 Å². The van der Waals surface area contributed by atoms with Crippen molar-refractivity contribution in [3.8, 4) is 0 Å². The molecule has 16 heavy (non-hydrogen) atoms. The number of nitrogens with one attached hydrogen (secondary N) is 1. The van der Waals surface area contributed by atoms with Crippen LogP contribution in [0.15, 0.2) is 0 Å². The van der Waals surface area contributed by atoms with E-state index in [2.05, 4.69) is 31.0 Å². The quantitative estimate of drug-likeness (QED) is 0.718. The van der Waals surface area contributed by atoms with Crippen molar-refractivity contribution in [3.05, 3.63) is 0 Å². The molecule has 0 aromatic heterocycles. The molecule has 96 valence electrons. The van der Waals surface area contributed by atoms with Crippen LogP contribution in [0.4, 0.5) is 0 Å². The van der Waals surface area contributed by atoms with E-state index in [1.165, 1.54) is 58.3 Å². The van der Waals surface area contributed by atoms with Crippen molar-refractivity contribution in [1.82, 2.24) is 10.2 Å². The summed E-state index contributed by atoms with van der Waals surface area (Å²) in [4.78, 5) is 2.63. The first-order chi connectivity index (χ1) is 7.74. The summed E-state index contributed by atoms with van der Waals surface area (Å²) in [6.45, 7) is 12.0. The van der Waals surface area contributed by atoms with Crippen LogP contribution in [0.5, 0.6) is 0 Å². The largest absolute Gasteiger partial charge is 0.317 e. The Labute approximate surface area is 102 Å². The van der Waals surface area contributed by atoms with Crippen molar-refractivity contribution < 1.29 is 0 Å². The fourth-order valence-electron chi connectivity index (χ4n) is 2.67. The Morgan fingerprint density at radius 2 is 1.88 bits per heavy atom. The minimum atomic E-state index is 0.716. The average molecular weight is 226 g/mol. The van der Waals surface area contributed by atoms with Crippen LogP contribution >= 0.6 is 0 Å². The highest BCUT2D eigenvalue weighted by Gasteiger charge is 2.14. The summed E-state index contributed by atoms with van der Waals surface area (Å²) in [6.07, 6.45) is 6.91. The molecule has 0 atom stereocenters. The second-order valence-electron chi connectivity index (χ2n) is 5.47. The van der Waals surface area contributed by atoms with Crippen LogP contribution in [0.1, 0.15) is 52.9 Å². The summed E-state index contributed by atoms with van der Waals surface area (Å²) >= 11 is 0. The van der Waals surface area contributed by atoms with E-state index >= 15 is 0 Å². The van der Waals surface area contributed by atoms with E-state index in [0.29, 0.717) is 6.04 Å². The van der Waals surface area contributed by atoms with Crippen LogP contribution in [-0.2, 0) is 0 Å². The Hall–Kier alpha value is -0.0800. The van der Waals surface area contributed by atoms with Crippen molar-refractivity contribution in [3.63, 3.8) is 0 Å². The maximum Gasteiger partial charge on any atom is 0.00385 e. The van der Waals surface area contributed by atoms with E-state index in [0.717, 1.165) is 5.92 Å². The molecule has 0 saturated carbocycles. The second-order valence-corrected chi connectivity index (χ2v) is 5.47. The molecule has 0 bridgehead atoms. The molecule has 0 aromatic rings. The normalized spacial score (nSPS) is 18.6. The first-order valence-corrected chi connectivity index (χ1v) is 7.18. The fourth-order valence-corrected chi connectivity index (χ4v) is 2.67. The molecule has 2 nitrogen and oxygen atoms in total. The first kappa shape index (κ1) is 14.0. The SMILES string of the molecule is CCCN(CCCC1CCNCC1)C(C)C. The van der Waals surface area contributed by atoms with E-state index in [-0.39, 0.29) is 0 Å². The van der Waals surface area contributed by atoms with Crippen LogP contribution in [-0.4, -0.2) is 37.1 Å². The summed E-state index contributed by atoms with van der Waals surface area (Å²) in [7, 11) is 0. The van der Waals surface area contributed by atoms with Gasteiger partial charge in [0, 0.05) is 6.04 Å². The molecule has 1 N–H and O–H groups in total. The van der Waals surface area contributed by atoms with Gasteiger partial charge >= 0.3 is 0 Å². The smallest absolute Gasteiger partial charge is 0.00385 e. The number of hydrogen-bond acceptors (Lipinski definition) is 2. The van der Waals surface area contributed by atoms with Gasteiger partial charge in [0.05, 0.1) is 0 Å². The highest BCUT2D eigenvalue weighted by molar-refractivity contribution is 4.70. The molecule has 0 amide bonds. The summed E-state index contributed by atoms with van der Waals surface area (Å²) in [5.41, 5.74) is 0. The van der Waals surface area contributed by atoms with Gasteiger partial charge in [-0.2, -0.15) is 0 Å². The molecule has 0 radical (unpaired) electrons. The zero-order valence-corrected chi connectivity index (χ0v) is 11.5. The van der Waals surface area contributed by atoms with Crippen LogP contribution in [0, 0.1) is 5.92 Å². The van der Waals surface area contributed by atoms with Gasteiger partial charge in [0.2, 0.25) is 0 Å². The predicted octanol–water partition coefficient (Wildman–Crippen LogP) is 2.89. The zero-order chi connectivity index (χ0) is 11.8. The minimum absolute atomic E-state index is 0.716. The molecule has 1 aliphatic rings. The summed E-state index contributed by atoms with van der Waals surface area (Å²) in [5, 5.41) is 3.44. The number of rotatable bonds is 7. The van der Waals surface area contributed by atoms with E-state index in [1.54, 1.807) is 0 Å². The highest BCUT2D eigenvalue weighted by atomic mass is 15.1. The standard InChI is InChI=1S/C14H30N2/c1-4-11-16(13(2)3)12-5-6-14-7-9-15-10-8-14/h13-15H,4-12H2,1-3H3. The Morgan fingerprint density at radius 3 is 2.44 bits per heavy atom. The molecule has 0 aromatic carbocycles. The maximum absolute atomic E-state index is 3.44. The van der Waals surface area contributed by atoms with Crippen molar-refractivity contribution >= 4 is 0 Å². The molecule has 0 aliphatic carbocycles. The van der Waals surface area contributed by atoms with Crippen LogP contribution in [0.3, 0.4) is 0 Å². The van der Waals surface area contributed by atoms with Crippen molar-refractivity contribution in [2.75, 3.05) is 26.2 Å². The highest BCUT2D eigenvalue weighted by Crippen LogP contribution is 2.18. The number of hydrogen-bond donors (Lipinski definition) is 1. The van der Waals surface area contributed by atoms with E-state index < -0.39 is 0 Å². The third-order valence-corrected chi connectivity index (χ3v) is 3.76. The lowest BCUT2D eigenvalue weighted by Gasteiger charge is -2.28. The molecule has 1 aliphatic heterocycles. The summed E-state index contributed by atoms with van der Waals surface area (Å²) in [5.74, 6) is 0.997. The van der Waals surface area contributed by atoms with Gasteiger partial charge in [-0.15, -0.1) is 0 Å². The summed E-state index contributed by atoms with van der Waals surface area (Å²) < 4.78 is 0. The zero-order valence-electron chi connectivity index (χ0n) is 11.5. The molecule has 0 spiro atoms. The van der Waals surface area contributed by atoms with Gasteiger partial charge in [-0.05, 0) is 78.0 Å². The van der Waals surface area contributed by atoms with Crippen LogP contribution < -0.4 is 5.32 Å². The van der Waals surface area contributed by atoms with Crippen LogP contribution in [0.2, 0.25) is 0 Å². The third-order valence-electron chi connectivity index (χ3n) is 3.76. The lowest BCUT2D eigenvalue weighted by molar-refractivity contribution is 0.208. The lowest BCUT2D eigenvalue weighted by atomic mass is 9.93.